The van der Waals surface area contributed by atoms with Gasteiger partial charge in [0.25, 0.3) is 0 Å². The topological polar surface area (TPSA) is 72.6 Å². The molecule has 0 radical (unpaired) electrons. The molecule has 0 bridgehead atoms. The van der Waals surface area contributed by atoms with Gasteiger partial charge >= 0.3 is 0 Å². The van der Waals surface area contributed by atoms with E-state index in [0.717, 1.165) is 18.6 Å². The summed E-state index contributed by atoms with van der Waals surface area (Å²) in [6.07, 6.45) is 2.83. The normalized spacial score (nSPS) is 17.5. The number of nitrogens with two attached hydrogens (primary N) is 1. The minimum absolute atomic E-state index is 0.110. The van der Waals surface area contributed by atoms with Crippen LogP contribution in [0.25, 0.3) is 0 Å². The number of likely N-dealkylation sites (tertiary alicyclic amines) is 1. The van der Waals surface area contributed by atoms with Gasteiger partial charge in [0.15, 0.2) is 0 Å². The number of hydrogen-bond donors (Lipinski definition) is 1. The molecule has 0 aliphatic carbocycles. The van der Waals surface area contributed by atoms with Gasteiger partial charge in [-0.25, -0.2) is 0 Å². The van der Waals surface area contributed by atoms with E-state index >= 15 is 0 Å². The van der Waals surface area contributed by atoms with Gasteiger partial charge in [-0.1, -0.05) is 12.1 Å². The van der Waals surface area contributed by atoms with Crippen molar-refractivity contribution in [1.82, 2.24) is 4.90 Å². The highest BCUT2D eigenvalue weighted by Gasteiger charge is 2.29. The van der Waals surface area contributed by atoms with Crippen molar-refractivity contribution in [2.24, 2.45) is 11.7 Å². The number of carbonyl (C=O) groups excluding carboxylic acids is 2. The number of rotatable bonds is 7. The fraction of sp³-hybridized carbons (Fsp3) is 0.529. The number of carbonyl (C=O) groups is 2. The average molecular weight is 304 g/mol. The van der Waals surface area contributed by atoms with E-state index in [1.165, 1.54) is 5.56 Å². The van der Waals surface area contributed by atoms with Crippen LogP contribution in [0.15, 0.2) is 24.3 Å². The minimum atomic E-state index is -0.304. The first-order chi connectivity index (χ1) is 10.6. The second kappa shape index (κ2) is 7.82. The minimum Gasteiger partial charge on any atom is -0.494 e. The third-order valence-corrected chi connectivity index (χ3v) is 3.99. The van der Waals surface area contributed by atoms with E-state index in [9.17, 15) is 9.59 Å². The Hall–Kier alpha value is -2.04. The summed E-state index contributed by atoms with van der Waals surface area (Å²) < 4.78 is 5.66. The standard InChI is InChI=1S/C17H24N2O3/c1-13-5-4-6-15(11-13)22-10-3-2-7-16(20)19-9-8-14(12-19)17(18)21/h4-6,11,14H,2-3,7-10,12H2,1H3,(H2,18,21)/t14-/m0/s1. The summed E-state index contributed by atoms with van der Waals surface area (Å²) in [5.74, 6) is 0.505. The van der Waals surface area contributed by atoms with Crippen LogP contribution in [0.1, 0.15) is 31.2 Å². The molecule has 1 aliphatic rings. The lowest BCUT2D eigenvalue weighted by Gasteiger charge is -2.15. The Bertz CT molecular complexity index is 530. The molecule has 1 heterocycles. The molecule has 2 amide bonds. The zero-order valence-corrected chi connectivity index (χ0v) is 13.1. The Labute approximate surface area is 131 Å². The predicted molar refractivity (Wildman–Crippen MR) is 84.4 cm³/mol. The third kappa shape index (κ3) is 4.76. The Morgan fingerprint density at radius 1 is 1.36 bits per heavy atom. The van der Waals surface area contributed by atoms with E-state index in [0.29, 0.717) is 32.5 Å². The number of unbranched alkanes of at least 4 members (excludes halogenated alkanes) is 1. The summed E-state index contributed by atoms with van der Waals surface area (Å²) in [6.45, 7) is 3.77. The van der Waals surface area contributed by atoms with E-state index in [2.05, 4.69) is 0 Å². The van der Waals surface area contributed by atoms with E-state index in [-0.39, 0.29) is 17.7 Å². The molecule has 5 heteroatoms. The van der Waals surface area contributed by atoms with Gasteiger partial charge in [-0.2, -0.15) is 0 Å². The van der Waals surface area contributed by atoms with E-state index in [1.807, 2.05) is 31.2 Å². The van der Waals surface area contributed by atoms with Crippen molar-refractivity contribution < 1.29 is 14.3 Å². The number of ether oxygens (including phenoxy) is 1. The second-order valence-corrected chi connectivity index (χ2v) is 5.85. The van der Waals surface area contributed by atoms with Crippen molar-refractivity contribution in [3.63, 3.8) is 0 Å². The maximum absolute atomic E-state index is 12.0. The molecule has 1 saturated heterocycles. The van der Waals surface area contributed by atoms with Crippen LogP contribution in [0.5, 0.6) is 5.75 Å². The third-order valence-electron chi connectivity index (χ3n) is 3.99. The van der Waals surface area contributed by atoms with Crippen molar-refractivity contribution in [3.8, 4) is 5.75 Å². The van der Waals surface area contributed by atoms with Gasteiger partial charge in [-0.3, -0.25) is 9.59 Å². The zero-order chi connectivity index (χ0) is 15.9. The summed E-state index contributed by atoms with van der Waals surface area (Å²) in [4.78, 5) is 24.9. The van der Waals surface area contributed by atoms with Crippen molar-refractivity contribution in [1.29, 1.82) is 0 Å². The van der Waals surface area contributed by atoms with Crippen LogP contribution in [0, 0.1) is 12.8 Å². The van der Waals surface area contributed by atoms with Crippen LogP contribution in [0.4, 0.5) is 0 Å². The molecule has 1 aromatic carbocycles. The quantitative estimate of drug-likeness (QED) is 0.782. The molecule has 2 rings (SSSR count). The number of amides is 2. The fourth-order valence-electron chi connectivity index (χ4n) is 2.65. The molecule has 1 aliphatic heterocycles. The summed E-state index contributed by atoms with van der Waals surface area (Å²) >= 11 is 0. The number of primary amides is 1. The van der Waals surface area contributed by atoms with Gasteiger partial charge in [0.05, 0.1) is 12.5 Å². The van der Waals surface area contributed by atoms with Crippen molar-refractivity contribution in [3.05, 3.63) is 29.8 Å². The first-order valence-electron chi connectivity index (χ1n) is 7.83. The lowest BCUT2D eigenvalue weighted by atomic mass is 10.1. The zero-order valence-electron chi connectivity index (χ0n) is 13.1. The Morgan fingerprint density at radius 3 is 2.86 bits per heavy atom. The summed E-state index contributed by atoms with van der Waals surface area (Å²) in [7, 11) is 0. The van der Waals surface area contributed by atoms with E-state index in [4.69, 9.17) is 10.5 Å². The van der Waals surface area contributed by atoms with Crippen LogP contribution >= 0.6 is 0 Å². The number of benzene rings is 1. The average Bonchev–Trinajstić information content (AvgIpc) is 2.97. The molecule has 5 nitrogen and oxygen atoms in total. The van der Waals surface area contributed by atoms with Gasteiger partial charge in [0.2, 0.25) is 11.8 Å². The molecule has 1 aromatic rings. The Kier molecular flexibility index (Phi) is 5.81. The monoisotopic (exact) mass is 304 g/mol. The summed E-state index contributed by atoms with van der Waals surface area (Å²) in [5.41, 5.74) is 6.44. The molecule has 22 heavy (non-hydrogen) atoms. The molecular weight excluding hydrogens is 280 g/mol. The van der Waals surface area contributed by atoms with Gasteiger partial charge in [0.1, 0.15) is 5.75 Å². The van der Waals surface area contributed by atoms with Crippen molar-refractivity contribution in [2.75, 3.05) is 19.7 Å². The van der Waals surface area contributed by atoms with Crippen molar-refractivity contribution in [2.45, 2.75) is 32.6 Å². The van der Waals surface area contributed by atoms with Gasteiger partial charge in [-0.05, 0) is 43.9 Å². The highest BCUT2D eigenvalue weighted by atomic mass is 16.5. The number of nitrogens with zero attached hydrogens (tertiary/aromatic N) is 1. The molecule has 0 unspecified atom stereocenters. The molecule has 0 saturated carbocycles. The molecule has 120 valence electrons. The van der Waals surface area contributed by atoms with Crippen LogP contribution in [0.3, 0.4) is 0 Å². The summed E-state index contributed by atoms with van der Waals surface area (Å²) in [5, 5.41) is 0. The smallest absolute Gasteiger partial charge is 0.222 e. The molecule has 1 fully saturated rings. The second-order valence-electron chi connectivity index (χ2n) is 5.85. The lowest BCUT2D eigenvalue weighted by molar-refractivity contribution is -0.130. The highest BCUT2D eigenvalue weighted by Crippen LogP contribution is 2.17. The van der Waals surface area contributed by atoms with Crippen LogP contribution in [0.2, 0.25) is 0 Å². The van der Waals surface area contributed by atoms with Crippen molar-refractivity contribution >= 4 is 11.8 Å². The van der Waals surface area contributed by atoms with E-state index in [1.54, 1.807) is 4.90 Å². The first kappa shape index (κ1) is 16.3. The van der Waals surface area contributed by atoms with Gasteiger partial charge in [0, 0.05) is 19.5 Å². The number of aryl methyl sites for hydroxylation is 1. The van der Waals surface area contributed by atoms with Gasteiger partial charge in [-0.15, -0.1) is 0 Å². The highest BCUT2D eigenvalue weighted by molar-refractivity contribution is 5.81. The van der Waals surface area contributed by atoms with Gasteiger partial charge < -0.3 is 15.4 Å². The van der Waals surface area contributed by atoms with Crippen LogP contribution < -0.4 is 10.5 Å². The largest absolute Gasteiger partial charge is 0.494 e. The molecular formula is C17H24N2O3. The molecule has 0 aromatic heterocycles. The molecule has 2 N–H and O–H groups in total. The SMILES string of the molecule is Cc1cccc(OCCCCC(=O)N2CC[C@H](C(N)=O)C2)c1. The lowest BCUT2D eigenvalue weighted by Crippen LogP contribution is -2.31. The summed E-state index contributed by atoms with van der Waals surface area (Å²) in [6, 6.07) is 7.93. The number of hydrogen-bond acceptors (Lipinski definition) is 3. The maximum Gasteiger partial charge on any atom is 0.222 e. The first-order valence-corrected chi connectivity index (χ1v) is 7.83. The Balaban J connectivity index is 1.61. The molecule has 1 atom stereocenters. The Morgan fingerprint density at radius 2 is 2.18 bits per heavy atom. The van der Waals surface area contributed by atoms with Crippen LogP contribution in [-0.2, 0) is 9.59 Å². The maximum atomic E-state index is 12.0. The molecule has 0 spiro atoms. The van der Waals surface area contributed by atoms with Crippen LogP contribution in [-0.4, -0.2) is 36.4 Å². The predicted octanol–water partition coefficient (Wildman–Crippen LogP) is 1.88. The fourth-order valence-corrected chi connectivity index (χ4v) is 2.65. The van der Waals surface area contributed by atoms with E-state index < -0.39 is 0 Å².